The van der Waals surface area contributed by atoms with Gasteiger partial charge in [0, 0.05) is 40.7 Å². The average molecular weight is 514 g/mol. The summed E-state index contributed by atoms with van der Waals surface area (Å²) in [5.74, 6) is 0.861. The molecule has 9 nitrogen and oxygen atoms in total. The topological polar surface area (TPSA) is 105 Å². The summed E-state index contributed by atoms with van der Waals surface area (Å²) >= 11 is 0. The molecular weight excluding hydrogens is 480 g/mol. The summed E-state index contributed by atoms with van der Waals surface area (Å²) in [6.07, 6.45) is 3.24. The molecule has 190 valence electrons. The molecule has 0 aliphatic rings. The van der Waals surface area contributed by atoms with E-state index in [1.807, 2.05) is 20.8 Å². The first-order valence-corrected chi connectivity index (χ1v) is 12.8. The zero-order valence-corrected chi connectivity index (χ0v) is 21.9. The van der Waals surface area contributed by atoms with Gasteiger partial charge in [-0.2, -0.15) is 0 Å². The summed E-state index contributed by atoms with van der Waals surface area (Å²) in [6, 6.07) is 4.46. The van der Waals surface area contributed by atoms with Gasteiger partial charge in [-0.05, 0) is 39.8 Å². The van der Waals surface area contributed by atoms with Crippen LogP contribution in [-0.4, -0.2) is 49.2 Å². The molecule has 0 bridgehead atoms. The standard InChI is InChI=1S/C26H30N4O5S/c1-15-11-27-21(17(3)24(15)34-6)13-30-23-9-8-19(33-5)10-20(23)29-26(30)36(31,32)14-22-18(4)25(35-7)16(2)12-28-22/h8-12H,13-14H2,1-7H3/i5D3. The smallest absolute Gasteiger partial charge is 0.229 e. The summed E-state index contributed by atoms with van der Waals surface area (Å²) in [7, 11) is -3.62. The summed E-state index contributed by atoms with van der Waals surface area (Å²) in [6.45, 7) is 7.41. The van der Waals surface area contributed by atoms with Crippen molar-refractivity contribution >= 4 is 20.9 Å². The van der Waals surface area contributed by atoms with E-state index in [-0.39, 0.29) is 23.0 Å². The van der Waals surface area contributed by atoms with Crippen LogP contribution in [0.15, 0.2) is 35.7 Å². The molecule has 3 heterocycles. The third-order valence-corrected chi connectivity index (χ3v) is 7.74. The highest BCUT2D eigenvalue weighted by Gasteiger charge is 2.27. The normalized spacial score (nSPS) is 13.2. The van der Waals surface area contributed by atoms with Crippen LogP contribution in [-0.2, 0) is 22.1 Å². The van der Waals surface area contributed by atoms with E-state index in [1.165, 1.54) is 19.2 Å². The van der Waals surface area contributed by atoms with Crippen LogP contribution < -0.4 is 14.2 Å². The number of fused-ring (bicyclic) bond motifs is 1. The van der Waals surface area contributed by atoms with E-state index < -0.39 is 22.6 Å². The highest BCUT2D eigenvalue weighted by Crippen LogP contribution is 2.31. The molecule has 0 spiro atoms. The number of benzene rings is 1. The van der Waals surface area contributed by atoms with Crippen LogP contribution in [0.1, 0.15) is 37.8 Å². The molecule has 0 aliphatic heterocycles. The quantitative estimate of drug-likeness (QED) is 0.347. The van der Waals surface area contributed by atoms with E-state index >= 15 is 0 Å². The number of imidazole rings is 1. The predicted octanol–water partition coefficient (Wildman–Crippen LogP) is 4.11. The molecule has 3 aromatic heterocycles. The van der Waals surface area contributed by atoms with Gasteiger partial charge in [-0.1, -0.05) is 0 Å². The van der Waals surface area contributed by atoms with Crippen molar-refractivity contribution in [3.63, 3.8) is 0 Å². The maximum Gasteiger partial charge on any atom is 0.229 e. The Bertz CT molecular complexity index is 1670. The second kappa shape index (κ2) is 9.77. The zero-order valence-electron chi connectivity index (χ0n) is 24.0. The van der Waals surface area contributed by atoms with Gasteiger partial charge in [-0.15, -0.1) is 0 Å². The Morgan fingerprint density at radius 3 is 2.14 bits per heavy atom. The number of hydrogen-bond donors (Lipinski definition) is 0. The Morgan fingerprint density at radius 1 is 0.917 bits per heavy atom. The number of aryl methyl sites for hydroxylation is 2. The number of hydrogen-bond acceptors (Lipinski definition) is 8. The number of rotatable bonds is 8. The summed E-state index contributed by atoms with van der Waals surface area (Å²) < 4.78 is 67.5. The van der Waals surface area contributed by atoms with Gasteiger partial charge in [-0.3, -0.25) is 9.97 Å². The molecule has 1 aromatic carbocycles. The Labute approximate surface area is 215 Å². The Kier molecular flexibility index (Phi) is 5.86. The van der Waals surface area contributed by atoms with E-state index in [2.05, 4.69) is 15.0 Å². The lowest BCUT2D eigenvalue weighted by molar-refractivity contribution is 0.406. The molecule has 0 fully saturated rings. The van der Waals surface area contributed by atoms with Crippen LogP contribution >= 0.6 is 0 Å². The Hall–Kier alpha value is -3.66. The van der Waals surface area contributed by atoms with Crippen LogP contribution in [0.25, 0.3) is 11.0 Å². The minimum absolute atomic E-state index is 0.0446. The Balaban J connectivity index is 1.88. The maximum atomic E-state index is 13.9. The number of sulfone groups is 1. The summed E-state index contributed by atoms with van der Waals surface area (Å²) in [5, 5.41) is -0.204. The molecule has 4 rings (SSSR count). The van der Waals surface area contributed by atoms with Gasteiger partial charge in [0.25, 0.3) is 0 Å². The van der Waals surface area contributed by atoms with Crippen molar-refractivity contribution in [1.82, 2.24) is 19.5 Å². The first-order valence-electron chi connectivity index (χ1n) is 12.7. The molecule has 0 N–H and O–H groups in total. The van der Waals surface area contributed by atoms with Crippen molar-refractivity contribution in [2.45, 2.75) is 45.1 Å². The fraction of sp³-hybridized carbons (Fsp3) is 0.346. The first kappa shape index (κ1) is 21.6. The zero-order chi connectivity index (χ0) is 28.7. The second-order valence-electron chi connectivity index (χ2n) is 8.58. The fourth-order valence-electron chi connectivity index (χ4n) is 4.38. The summed E-state index contributed by atoms with van der Waals surface area (Å²) in [5.41, 5.74) is 4.71. The molecule has 36 heavy (non-hydrogen) atoms. The van der Waals surface area contributed by atoms with Crippen molar-refractivity contribution in [1.29, 1.82) is 0 Å². The van der Waals surface area contributed by atoms with Crippen molar-refractivity contribution in [3.05, 3.63) is 64.2 Å². The van der Waals surface area contributed by atoms with E-state index in [4.69, 9.17) is 18.3 Å². The van der Waals surface area contributed by atoms with Gasteiger partial charge in [-0.25, -0.2) is 13.4 Å². The van der Waals surface area contributed by atoms with Crippen molar-refractivity contribution < 1.29 is 26.7 Å². The van der Waals surface area contributed by atoms with Crippen molar-refractivity contribution in [2.24, 2.45) is 0 Å². The van der Waals surface area contributed by atoms with Crippen molar-refractivity contribution in [3.8, 4) is 17.2 Å². The maximum absolute atomic E-state index is 13.9. The lowest BCUT2D eigenvalue weighted by Crippen LogP contribution is -2.16. The van der Waals surface area contributed by atoms with Gasteiger partial charge in [0.05, 0.1) is 54.3 Å². The largest absolute Gasteiger partial charge is 0.497 e. The monoisotopic (exact) mass is 513 g/mol. The van der Waals surface area contributed by atoms with E-state index in [1.54, 1.807) is 37.1 Å². The van der Waals surface area contributed by atoms with Crippen LogP contribution in [0.5, 0.6) is 17.2 Å². The third kappa shape index (κ3) is 4.48. The molecular formula is C26H30N4O5S. The van der Waals surface area contributed by atoms with Crippen LogP contribution in [0.4, 0.5) is 0 Å². The average Bonchev–Trinajstić information content (AvgIpc) is 3.21. The molecule has 0 radical (unpaired) electrons. The van der Waals surface area contributed by atoms with Crippen LogP contribution in [0, 0.1) is 27.7 Å². The van der Waals surface area contributed by atoms with E-state index in [0.717, 1.165) is 16.7 Å². The lowest BCUT2D eigenvalue weighted by Gasteiger charge is -2.15. The number of pyridine rings is 2. The van der Waals surface area contributed by atoms with Crippen molar-refractivity contribution in [2.75, 3.05) is 21.3 Å². The highest BCUT2D eigenvalue weighted by molar-refractivity contribution is 7.90. The molecule has 0 atom stereocenters. The van der Waals surface area contributed by atoms with E-state index in [9.17, 15) is 8.42 Å². The molecule has 0 unspecified atom stereocenters. The Morgan fingerprint density at radius 2 is 1.53 bits per heavy atom. The van der Waals surface area contributed by atoms with Crippen LogP contribution in [0.2, 0.25) is 0 Å². The van der Waals surface area contributed by atoms with E-state index in [0.29, 0.717) is 34.0 Å². The minimum atomic E-state index is -4.05. The number of methoxy groups -OCH3 is 3. The number of ether oxygens (including phenoxy) is 3. The first-order chi connectivity index (χ1) is 18.3. The third-order valence-electron chi connectivity index (χ3n) is 6.21. The second-order valence-corrected chi connectivity index (χ2v) is 10.5. The summed E-state index contributed by atoms with van der Waals surface area (Å²) in [4.78, 5) is 13.3. The van der Waals surface area contributed by atoms with Gasteiger partial charge in [0.1, 0.15) is 23.0 Å². The molecule has 0 saturated carbocycles. The molecule has 4 aromatic rings. The SMILES string of the molecule is [2H]C([2H])([2H])Oc1ccc2c(c1)nc(S(=O)(=O)Cc1ncc(C)c(OC)c1C)n2Cc1ncc(C)c(OC)c1C. The number of aromatic nitrogens is 4. The number of nitrogens with zero attached hydrogens (tertiary/aromatic N) is 4. The van der Waals surface area contributed by atoms with Crippen LogP contribution in [0.3, 0.4) is 0 Å². The molecule has 0 saturated heterocycles. The minimum Gasteiger partial charge on any atom is -0.497 e. The predicted molar refractivity (Wildman–Crippen MR) is 137 cm³/mol. The van der Waals surface area contributed by atoms with Gasteiger partial charge in [0.2, 0.25) is 15.0 Å². The van der Waals surface area contributed by atoms with Gasteiger partial charge < -0.3 is 18.8 Å². The molecule has 10 heteroatoms. The molecule has 0 amide bonds. The highest BCUT2D eigenvalue weighted by atomic mass is 32.2. The van der Waals surface area contributed by atoms with Gasteiger partial charge >= 0.3 is 0 Å². The lowest BCUT2D eigenvalue weighted by atomic mass is 10.1. The molecule has 0 aliphatic carbocycles. The fourth-order valence-corrected chi connectivity index (χ4v) is 5.90. The van der Waals surface area contributed by atoms with Gasteiger partial charge in [0.15, 0.2) is 0 Å².